The molecule has 0 bridgehead atoms. The molecule has 0 heterocycles. The summed E-state index contributed by atoms with van der Waals surface area (Å²) in [6, 6.07) is 18.0. The molecule has 2 aromatic rings. The van der Waals surface area contributed by atoms with Crippen LogP contribution in [0.5, 0.6) is 0 Å². The third kappa shape index (κ3) is 6.54. The van der Waals surface area contributed by atoms with Crippen molar-refractivity contribution in [2.75, 3.05) is 0 Å². The van der Waals surface area contributed by atoms with Crippen LogP contribution in [0.25, 0.3) is 0 Å². The van der Waals surface area contributed by atoms with E-state index in [1.807, 2.05) is 18.2 Å². The maximum Gasteiger partial charge on any atom is 0.0377 e. The third-order valence-corrected chi connectivity index (χ3v) is 12.6. The van der Waals surface area contributed by atoms with E-state index in [0.717, 1.165) is 12.8 Å². The summed E-state index contributed by atoms with van der Waals surface area (Å²) in [5.41, 5.74) is 11.9. The van der Waals surface area contributed by atoms with Crippen molar-refractivity contribution >= 4 is 31.8 Å². The van der Waals surface area contributed by atoms with Crippen LogP contribution in [0.1, 0.15) is 53.0 Å². The average molecular weight is 535 g/mol. The summed E-state index contributed by atoms with van der Waals surface area (Å²) >= 11 is 0. The smallest absolute Gasteiger partial charge is 0.0377 e. The highest BCUT2D eigenvalue weighted by Crippen LogP contribution is 2.58. The van der Waals surface area contributed by atoms with E-state index >= 15 is 0 Å². The van der Waals surface area contributed by atoms with E-state index in [9.17, 15) is 0 Å². The molecule has 0 saturated carbocycles. The van der Waals surface area contributed by atoms with Crippen LogP contribution in [0.3, 0.4) is 0 Å². The van der Waals surface area contributed by atoms with E-state index < -0.39 is 15.8 Å². The van der Waals surface area contributed by atoms with Crippen LogP contribution in [0.15, 0.2) is 142 Å². The number of allylic oxidation sites excluding steroid dienone is 12. The molecule has 2 atom stereocenters. The fourth-order valence-electron chi connectivity index (χ4n) is 4.62. The van der Waals surface area contributed by atoms with Crippen molar-refractivity contribution in [3.63, 3.8) is 0 Å². The first-order chi connectivity index (χ1) is 18.4. The molecule has 0 radical (unpaired) electrons. The lowest BCUT2D eigenvalue weighted by Crippen LogP contribution is -2.28. The highest BCUT2D eigenvalue weighted by Gasteiger charge is 2.30. The molecular weight excluding hydrogens is 494 g/mol. The van der Waals surface area contributed by atoms with Crippen LogP contribution in [0.4, 0.5) is 0 Å². The zero-order valence-corrected chi connectivity index (χ0v) is 25.6. The predicted octanol–water partition coefficient (Wildman–Crippen LogP) is 9.99. The van der Waals surface area contributed by atoms with E-state index in [0.29, 0.717) is 0 Å². The Labute approximate surface area is 233 Å². The van der Waals surface area contributed by atoms with Crippen LogP contribution >= 0.6 is 15.8 Å². The highest BCUT2D eigenvalue weighted by atomic mass is 31.1. The Morgan fingerprint density at radius 2 is 1.53 bits per heavy atom. The summed E-state index contributed by atoms with van der Waals surface area (Å²) in [6.45, 7) is 21.6. The summed E-state index contributed by atoms with van der Waals surface area (Å²) in [6.07, 6.45) is 14.8. The Morgan fingerprint density at radius 3 is 2.11 bits per heavy atom. The van der Waals surface area contributed by atoms with Crippen LogP contribution in [0.2, 0.25) is 0 Å². The Morgan fingerprint density at radius 1 is 0.895 bits per heavy atom. The molecule has 38 heavy (non-hydrogen) atoms. The Kier molecular flexibility index (Phi) is 11.1. The minimum absolute atomic E-state index is 0.816. The number of rotatable bonds is 11. The maximum atomic E-state index is 4.18. The van der Waals surface area contributed by atoms with Crippen molar-refractivity contribution in [1.29, 1.82) is 0 Å². The van der Waals surface area contributed by atoms with Gasteiger partial charge >= 0.3 is 0 Å². The van der Waals surface area contributed by atoms with Crippen LogP contribution in [-0.2, 0) is 0 Å². The first-order valence-corrected chi connectivity index (χ1v) is 16.0. The van der Waals surface area contributed by atoms with Crippen LogP contribution in [-0.4, -0.2) is 0 Å². The summed E-state index contributed by atoms with van der Waals surface area (Å²) in [4.78, 5) is 0. The van der Waals surface area contributed by atoms with E-state index in [4.69, 9.17) is 0 Å². The van der Waals surface area contributed by atoms with E-state index in [1.54, 1.807) is 0 Å². The lowest BCUT2D eigenvalue weighted by molar-refractivity contribution is 0.938. The lowest BCUT2D eigenvalue weighted by atomic mass is 10.2. The van der Waals surface area contributed by atoms with Gasteiger partial charge < -0.3 is 0 Å². The molecule has 2 unspecified atom stereocenters. The second-order valence-electron chi connectivity index (χ2n) is 9.44. The molecule has 194 valence electrons. The van der Waals surface area contributed by atoms with Crippen molar-refractivity contribution < 1.29 is 0 Å². The highest BCUT2D eigenvalue weighted by molar-refractivity contribution is 7.81. The molecule has 3 rings (SSSR count). The number of hydrogen-bond acceptors (Lipinski definition) is 0. The lowest BCUT2D eigenvalue weighted by Gasteiger charge is -2.31. The van der Waals surface area contributed by atoms with Gasteiger partial charge in [0.05, 0.1) is 0 Å². The molecule has 0 fully saturated rings. The van der Waals surface area contributed by atoms with Crippen LogP contribution in [0, 0.1) is 6.92 Å². The number of benzene rings is 2. The average Bonchev–Trinajstić information content (AvgIpc) is 2.94. The molecule has 2 heteroatoms. The minimum atomic E-state index is -0.848. The Balaban J connectivity index is 2.49. The second-order valence-corrected chi connectivity index (χ2v) is 13.7. The van der Waals surface area contributed by atoms with Crippen molar-refractivity contribution in [3.8, 4) is 0 Å². The predicted molar refractivity (Wildman–Crippen MR) is 175 cm³/mol. The Bertz CT molecular complexity index is 1430. The monoisotopic (exact) mass is 534 g/mol. The second kappa shape index (κ2) is 14.3. The van der Waals surface area contributed by atoms with Crippen molar-refractivity contribution in [1.82, 2.24) is 0 Å². The van der Waals surface area contributed by atoms with Gasteiger partial charge in [-0.2, -0.15) is 0 Å². The van der Waals surface area contributed by atoms with Crippen molar-refractivity contribution in [3.05, 3.63) is 148 Å². The SMILES string of the molecule is C=C/C(C)=C(\C=C/C)P(/C(CCC)=C(\C)C=C)c1ccccc1P(C1=C=C=CC=C1C)c1ccccc1C. The minimum Gasteiger partial charge on any atom is -0.0988 e. The zero-order chi connectivity index (χ0) is 27.7. The summed E-state index contributed by atoms with van der Waals surface area (Å²) in [7, 11) is -1.66. The number of aryl methyl sites for hydroxylation is 1. The molecule has 0 spiro atoms. The molecule has 1 aliphatic carbocycles. The van der Waals surface area contributed by atoms with Gasteiger partial charge in [-0.05, 0) is 118 Å². The van der Waals surface area contributed by atoms with Gasteiger partial charge in [-0.25, -0.2) is 0 Å². The summed E-state index contributed by atoms with van der Waals surface area (Å²) in [5, 5.41) is 8.27. The van der Waals surface area contributed by atoms with Crippen molar-refractivity contribution in [2.24, 2.45) is 0 Å². The summed E-state index contributed by atoms with van der Waals surface area (Å²) in [5.74, 6) is 0. The first kappa shape index (κ1) is 29.6. The van der Waals surface area contributed by atoms with Gasteiger partial charge in [0.2, 0.25) is 0 Å². The molecular formula is C36H40P2. The zero-order valence-electron chi connectivity index (χ0n) is 23.8. The molecule has 1 aliphatic rings. The molecule has 2 aromatic carbocycles. The van der Waals surface area contributed by atoms with E-state index in [-0.39, 0.29) is 0 Å². The van der Waals surface area contributed by atoms with Gasteiger partial charge in [0.15, 0.2) is 0 Å². The molecule has 0 aromatic heterocycles. The fraction of sp³-hybridized carbons (Fsp3) is 0.222. The third-order valence-electron chi connectivity index (χ3n) is 6.72. The number of hydrogen-bond donors (Lipinski definition) is 0. The fourth-order valence-corrected chi connectivity index (χ4v) is 10.8. The molecule has 0 saturated heterocycles. The van der Waals surface area contributed by atoms with Gasteiger partial charge in [0, 0.05) is 5.31 Å². The van der Waals surface area contributed by atoms with E-state index in [1.165, 1.54) is 54.1 Å². The van der Waals surface area contributed by atoms with Gasteiger partial charge in [0.25, 0.3) is 0 Å². The van der Waals surface area contributed by atoms with Gasteiger partial charge in [-0.1, -0.05) is 111 Å². The van der Waals surface area contributed by atoms with Gasteiger partial charge in [-0.15, -0.1) is 0 Å². The van der Waals surface area contributed by atoms with Gasteiger partial charge in [0.1, 0.15) is 0 Å². The maximum absolute atomic E-state index is 4.18. The standard InChI is InChI=1S/C36H40P2/c1-9-19-31(27(5)11-3)37(32(20-10-2)28(6)12-4)35-25-17-18-26-36(35)38(33-23-15-13-21-29(33)7)34-24-16-14-22-30(34)8/h9,11-15,17-19,21-23,25-26H,3-4,10,20H2,1-2,5-8H3/b19-9-,31-27+,32-28+. The van der Waals surface area contributed by atoms with Crippen molar-refractivity contribution in [2.45, 2.75) is 54.4 Å². The first-order valence-electron chi connectivity index (χ1n) is 13.3. The molecule has 0 amide bonds. The summed E-state index contributed by atoms with van der Waals surface area (Å²) < 4.78 is 0. The van der Waals surface area contributed by atoms with Gasteiger partial charge in [-0.3, -0.25) is 0 Å². The molecule has 0 N–H and O–H groups in total. The quantitative estimate of drug-likeness (QED) is 0.153. The van der Waals surface area contributed by atoms with E-state index in [2.05, 4.69) is 133 Å². The molecule has 0 aliphatic heterocycles. The topological polar surface area (TPSA) is 0 Å². The Hall–Kier alpha value is -2.96. The normalized spacial score (nSPS) is 15.8. The van der Waals surface area contributed by atoms with Crippen LogP contribution < -0.4 is 15.9 Å². The molecule has 0 nitrogen and oxygen atoms in total. The largest absolute Gasteiger partial charge is 0.0988 e.